The molecule has 1 unspecified atom stereocenters. The second-order valence-electron chi connectivity index (χ2n) is 7.66. The molecule has 0 bridgehead atoms. The zero-order valence-corrected chi connectivity index (χ0v) is 18.2. The fraction of sp³-hybridized carbons (Fsp3) is 0.400. The number of para-hydroxylation sites is 1. The molecule has 4 heteroatoms. The number of amides is 1. The van der Waals surface area contributed by atoms with Crippen LogP contribution in [0.1, 0.15) is 68.6 Å². The van der Waals surface area contributed by atoms with Crippen LogP contribution in [0, 0.1) is 0 Å². The number of aryl methyl sites for hydroxylation is 1. The highest BCUT2D eigenvalue weighted by Gasteiger charge is 2.22. The Balaban J connectivity index is 1.85. The molecule has 2 aromatic carbocycles. The van der Waals surface area contributed by atoms with Crippen molar-refractivity contribution in [1.82, 2.24) is 10.3 Å². The van der Waals surface area contributed by atoms with Crippen molar-refractivity contribution < 1.29 is 4.79 Å². The Morgan fingerprint density at radius 3 is 2.59 bits per heavy atom. The second kappa shape index (κ2) is 10.5. The van der Waals surface area contributed by atoms with Crippen LogP contribution in [0.3, 0.4) is 0 Å². The first-order chi connectivity index (χ1) is 14.1. The van der Waals surface area contributed by atoms with Crippen molar-refractivity contribution in [2.75, 3.05) is 6.54 Å². The molecule has 0 aliphatic rings. The summed E-state index contributed by atoms with van der Waals surface area (Å²) in [6.45, 7) is 5.11. The average Bonchev–Trinajstić information content (AvgIpc) is 3.16. The standard InChI is InChI=1S/C25H31ClN2O/c1-3-5-6-7-15-27-24(29)16-22(19-11-13-20(26)14-12-19)23-17-28-25-18(4-2)9-8-10-21(23)25/h8-14,17,22,28H,3-7,15-16H2,1-2H3,(H,27,29). The van der Waals surface area contributed by atoms with Crippen molar-refractivity contribution in [3.63, 3.8) is 0 Å². The third-order valence-corrected chi connectivity index (χ3v) is 5.86. The minimum absolute atomic E-state index is 0.0104. The first-order valence-corrected chi connectivity index (χ1v) is 11.1. The molecular formula is C25H31ClN2O. The summed E-state index contributed by atoms with van der Waals surface area (Å²) in [7, 11) is 0. The van der Waals surface area contributed by atoms with Crippen LogP contribution < -0.4 is 5.32 Å². The van der Waals surface area contributed by atoms with E-state index in [-0.39, 0.29) is 11.8 Å². The van der Waals surface area contributed by atoms with E-state index < -0.39 is 0 Å². The van der Waals surface area contributed by atoms with Crippen LogP contribution in [0.2, 0.25) is 5.02 Å². The second-order valence-corrected chi connectivity index (χ2v) is 8.09. The highest BCUT2D eigenvalue weighted by Crippen LogP contribution is 2.35. The van der Waals surface area contributed by atoms with Crippen LogP contribution in [-0.2, 0) is 11.2 Å². The number of benzene rings is 2. The van der Waals surface area contributed by atoms with E-state index >= 15 is 0 Å². The van der Waals surface area contributed by atoms with Crippen molar-refractivity contribution in [2.24, 2.45) is 0 Å². The van der Waals surface area contributed by atoms with Gasteiger partial charge in [0, 0.05) is 41.0 Å². The summed E-state index contributed by atoms with van der Waals surface area (Å²) in [4.78, 5) is 16.2. The summed E-state index contributed by atoms with van der Waals surface area (Å²) in [6, 6.07) is 14.3. The molecule has 1 aromatic heterocycles. The van der Waals surface area contributed by atoms with E-state index in [9.17, 15) is 4.79 Å². The quantitative estimate of drug-likeness (QED) is 0.363. The Morgan fingerprint density at radius 1 is 1.07 bits per heavy atom. The maximum atomic E-state index is 12.7. The highest BCUT2D eigenvalue weighted by atomic mass is 35.5. The first kappa shape index (κ1) is 21.4. The fourth-order valence-corrected chi connectivity index (χ4v) is 4.09. The molecule has 0 saturated heterocycles. The molecule has 154 valence electrons. The van der Waals surface area contributed by atoms with Gasteiger partial charge in [-0.05, 0) is 41.7 Å². The molecule has 0 spiro atoms. The summed E-state index contributed by atoms with van der Waals surface area (Å²) in [6.07, 6.45) is 8.10. The van der Waals surface area contributed by atoms with E-state index in [0.717, 1.165) is 24.9 Å². The van der Waals surface area contributed by atoms with Crippen LogP contribution in [0.15, 0.2) is 48.7 Å². The van der Waals surface area contributed by atoms with Crippen LogP contribution in [0.5, 0.6) is 0 Å². The monoisotopic (exact) mass is 410 g/mol. The van der Waals surface area contributed by atoms with Gasteiger partial charge in [-0.1, -0.05) is 75.0 Å². The van der Waals surface area contributed by atoms with Gasteiger partial charge >= 0.3 is 0 Å². The molecule has 1 amide bonds. The Morgan fingerprint density at radius 2 is 1.86 bits per heavy atom. The number of hydrogen-bond donors (Lipinski definition) is 2. The molecule has 3 aromatic rings. The van der Waals surface area contributed by atoms with Gasteiger partial charge in [0.1, 0.15) is 0 Å². The van der Waals surface area contributed by atoms with Gasteiger partial charge in [0.05, 0.1) is 0 Å². The summed E-state index contributed by atoms with van der Waals surface area (Å²) < 4.78 is 0. The van der Waals surface area contributed by atoms with Crippen LogP contribution in [-0.4, -0.2) is 17.4 Å². The zero-order valence-electron chi connectivity index (χ0n) is 17.4. The molecule has 0 aliphatic heterocycles. The lowest BCUT2D eigenvalue weighted by Crippen LogP contribution is -2.26. The van der Waals surface area contributed by atoms with Gasteiger partial charge in [0.15, 0.2) is 0 Å². The van der Waals surface area contributed by atoms with Gasteiger partial charge in [0.2, 0.25) is 5.91 Å². The normalized spacial score (nSPS) is 12.2. The topological polar surface area (TPSA) is 44.9 Å². The Labute approximate surface area is 178 Å². The van der Waals surface area contributed by atoms with E-state index in [4.69, 9.17) is 11.6 Å². The summed E-state index contributed by atoms with van der Waals surface area (Å²) in [5, 5.41) is 5.01. The summed E-state index contributed by atoms with van der Waals surface area (Å²) in [5.74, 6) is 0.0891. The van der Waals surface area contributed by atoms with Crippen molar-refractivity contribution in [1.29, 1.82) is 0 Å². The van der Waals surface area contributed by atoms with Crippen molar-refractivity contribution >= 4 is 28.4 Å². The zero-order chi connectivity index (χ0) is 20.6. The van der Waals surface area contributed by atoms with Crippen molar-refractivity contribution in [3.8, 4) is 0 Å². The lowest BCUT2D eigenvalue weighted by Gasteiger charge is -2.17. The van der Waals surface area contributed by atoms with E-state index in [1.165, 1.54) is 41.3 Å². The molecule has 1 atom stereocenters. The number of nitrogens with one attached hydrogen (secondary N) is 2. The molecule has 1 heterocycles. The molecule has 3 rings (SSSR count). The maximum absolute atomic E-state index is 12.7. The van der Waals surface area contributed by atoms with Crippen molar-refractivity contribution in [2.45, 2.75) is 58.3 Å². The third-order valence-electron chi connectivity index (χ3n) is 5.60. The highest BCUT2D eigenvalue weighted by molar-refractivity contribution is 6.30. The largest absolute Gasteiger partial charge is 0.361 e. The predicted octanol–water partition coefficient (Wildman–Crippen LogP) is 6.60. The number of rotatable bonds is 10. The summed E-state index contributed by atoms with van der Waals surface area (Å²) >= 11 is 6.11. The SMILES string of the molecule is CCCCCCNC(=O)CC(c1ccc(Cl)cc1)c1c[nH]c2c(CC)cccc12. The number of halogens is 1. The third kappa shape index (κ3) is 5.42. The van der Waals surface area contributed by atoms with Gasteiger partial charge < -0.3 is 10.3 Å². The van der Waals surface area contributed by atoms with Gasteiger partial charge in [-0.3, -0.25) is 4.79 Å². The first-order valence-electron chi connectivity index (χ1n) is 10.7. The van der Waals surface area contributed by atoms with E-state index in [0.29, 0.717) is 11.4 Å². The number of unbranched alkanes of at least 4 members (excludes halogenated alkanes) is 3. The molecule has 0 fully saturated rings. The molecule has 29 heavy (non-hydrogen) atoms. The van der Waals surface area contributed by atoms with E-state index in [1.54, 1.807) is 0 Å². The Bertz CT molecular complexity index is 930. The van der Waals surface area contributed by atoms with Gasteiger partial charge in [0.25, 0.3) is 0 Å². The number of hydrogen-bond acceptors (Lipinski definition) is 1. The lowest BCUT2D eigenvalue weighted by molar-refractivity contribution is -0.121. The molecule has 0 saturated carbocycles. The molecular weight excluding hydrogens is 380 g/mol. The van der Waals surface area contributed by atoms with Gasteiger partial charge in [-0.25, -0.2) is 0 Å². The number of aromatic amines is 1. The predicted molar refractivity (Wildman–Crippen MR) is 123 cm³/mol. The molecule has 0 aliphatic carbocycles. The maximum Gasteiger partial charge on any atom is 0.220 e. The van der Waals surface area contributed by atoms with E-state index in [2.05, 4.69) is 48.5 Å². The lowest BCUT2D eigenvalue weighted by atomic mass is 9.87. The van der Waals surface area contributed by atoms with E-state index in [1.807, 2.05) is 24.3 Å². The Hall–Kier alpha value is -2.26. The van der Waals surface area contributed by atoms with Crippen LogP contribution >= 0.6 is 11.6 Å². The number of carbonyl (C=O) groups excluding carboxylic acids is 1. The van der Waals surface area contributed by atoms with Crippen LogP contribution in [0.25, 0.3) is 10.9 Å². The number of fused-ring (bicyclic) bond motifs is 1. The van der Waals surface area contributed by atoms with Gasteiger partial charge in [-0.2, -0.15) is 0 Å². The number of aromatic nitrogens is 1. The minimum atomic E-state index is -0.0104. The Kier molecular flexibility index (Phi) is 7.76. The average molecular weight is 411 g/mol. The molecule has 2 N–H and O–H groups in total. The van der Waals surface area contributed by atoms with Crippen molar-refractivity contribution in [3.05, 3.63) is 70.4 Å². The number of H-pyrrole nitrogens is 1. The smallest absolute Gasteiger partial charge is 0.220 e. The van der Waals surface area contributed by atoms with Crippen LogP contribution in [0.4, 0.5) is 0 Å². The van der Waals surface area contributed by atoms with Gasteiger partial charge in [-0.15, -0.1) is 0 Å². The summed E-state index contributed by atoms with van der Waals surface area (Å²) in [5.41, 5.74) is 4.74. The fourth-order valence-electron chi connectivity index (χ4n) is 3.96. The molecule has 3 nitrogen and oxygen atoms in total. The minimum Gasteiger partial charge on any atom is -0.361 e. The molecule has 0 radical (unpaired) electrons. The number of carbonyl (C=O) groups is 1.